The molecule has 0 aliphatic carbocycles. The molecule has 1 atom stereocenters. The Hall–Kier alpha value is -0.980. The third kappa shape index (κ3) is 9.89. The largest absolute Gasteiger partial charge is 0.449 e. The first kappa shape index (κ1) is 19.0. The van der Waals surface area contributed by atoms with Crippen LogP contribution in [-0.4, -0.2) is 42.3 Å². The first-order chi connectivity index (χ1) is 9.15. The third-order valence-corrected chi connectivity index (χ3v) is 2.61. The van der Waals surface area contributed by atoms with Crippen LogP contribution in [0.4, 0.5) is 9.59 Å². The summed E-state index contributed by atoms with van der Waals surface area (Å²) in [6.45, 7) is 9.89. The lowest BCUT2D eigenvalue weighted by molar-refractivity contribution is 0.0488. The van der Waals surface area contributed by atoms with Crippen molar-refractivity contribution in [2.45, 2.75) is 46.3 Å². The van der Waals surface area contributed by atoms with Crippen LogP contribution >= 0.6 is 15.9 Å². The second kappa shape index (κ2) is 9.05. The number of hydrogen-bond donors (Lipinski definition) is 2. The van der Waals surface area contributed by atoms with E-state index in [0.717, 1.165) is 0 Å². The number of alkyl carbamates (subject to hydrolysis) is 2. The first-order valence-corrected chi connectivity index (χ1v) is 7.74. The number of carbonyl (C=O) groups is 2. The molecule has 0 heterocycles. The Morgan fingerprint density at radius 3 is 2.25 bits per heavy atom. The highest BCUT2D eigenvalue weighted by Crippen LogP contribution is 2.08. The molecule has 0 unspecified atom stereocenters. The smallest absolute Gasteiger partial charge is 0.407 e. The molecule has 0 aromatic carbocycles. The van der Waals surface area contributed by atoms with Crippen molar-refractivity contribution in [1.82, 2.24) is 10.6 Å². The Kier molecular flexibility index (Phi) is 8.60. The van der Waals surface area contributed by atoms with Gasteiger partial charge in [-0.2, -0.15) is 0 Å². The molecule has 0 aliphatic heterocycles. The summed E-state index contributed by atoms with van der Waals surface area (Å²) in [6, 6.07) is -0.221. The number of rotatable bonds is 6. The van der Waals surface area contributed by atoms with Crippen molar-refractivity contribution in [3.8, 4) is 0 Å². The van der Waals surface area contributed by atoms with Gasteiger partial charge in [0.2, 0.25) is 0 Å². The van der Waals surface area contributed by atoms with Gasteiger partial charge in [0, 0.05) is 11.9 Å². The number of alkyl halides is 1. The summed E-state index contributed by atoms with van der Waals surface area (Å²) >= 11 is 3.16. The zero-order valence-corrected chi connectivity index (χ0v) is 14.4. The molecule has 0 rings (SSSR count). The molecule has 6 nitrogen and oxygen atoms in total. The van der Waals surface area contributed by atoms with Crippen LogP contribution in [0, 0.1) is 5.92 Å². The third-order valence-electron chi connectivity index (χ3n) is 2.28. The van der Waals surface area contributed by atoms with Crippen LogP contribution in [0.3, 0.4) is 0 Å². The maximum atomic E-state index is 11.7. The SMILES string of the molecule is CC(C)[C@@H](CNC(=O)OCCBr)NC(=O)OC(C)(C)C. The van der Waals surface area contributed by atoms with E-state index in [0.29, 0.717) is 11.9 Å². The van der Waals surface area contributed by atoms with Crippen LogP contribution in [0.1, 0.15) is 34.6 Å². The van der Waals surface area contributed by atoms with Crippen molar-refractivity contribution in [3.63, 3.8) is 0 Å². The number of hydrogen-bond acceptors (Lipinski definition) is 4. The van der Waals surface area contributed by atoms with E-state index in [1.807, 2.05) is 13.8 Å². The molecule has 0 saturated heterocycles. The van der Waals surface area contributed by atoms with Gasteiger partial charge in [-0.05, 0) is 26.7 Å². The van der Waals surface area contributed by atoms with E-state index in [9.17, 15) is 9.59 Å². The molecule has 118 valence electrons. The summed E-state index contributed by atoms with van der Waals surface area (Å²) < 4.78 is 10.1. The highest BCUT2D eigenvalue weighted by Gasteiger charge is 2.21. The zero-order valence-electron chi connectivity index (χ0n) is 12.8. The van der Waals surface area contributed by atoms with Gasteiger partial charge in [0.25, 0.3) is 0 Å². The number of halogens is 1. The van der Waals surface area contributed by atoms with Gasteiger partial charge in [-0.1, -0.05) is 29.8 Å². The highest BCUT2D eigenvalue weighted by atomic mass is 79.9. The second-order valence-electron chi connectivity index (χ2n) is 5.70. The van der Waals surface area contributed by atoms with E-state index in [4.69, 9.17) is 9.47 Å². The maximum absolute atomic E-state index is 11.7. The molecule has 0 fully saturated rings. The lowest BCUT2D eigenvalue weighted by atomic mass is 10.1. The van der Waals surface area contributed by atoms with Gasteiger partial charge in [-0.25, -0.2) is 9.59 Å². The van der Waals surface area contributed by atoms with Crippen molar-refractivity contribution >= 4 is 28.1 Å². The van der Waals surface area contributed by atoms with Crippen LogP contribution in [0.25, 0.3) is 0 Å². The van der Waals surface area contributed by atoms with Crippen LogP contribution < -0.4 is 10.6 Å². The van der Waals surface area contributed by atoms with Gasteiger partial charge in [-0.15, -0.1) is 0 Å². The average molecular weight is 353 g/mol. The average Bonchev–Trinajstić information content (AvgIpc) is 2.29. The monoisotopic (exact) mass is 352 g/mol. The molecule has 0 saturated carbocycles. The Labute approximate surface area is 129 Å². The summed E-state index contributed by atoms with van der Waals surface area (Å²) in [6.07, 6.45) is -0.993. The lowest BCUT2D eigenvalue weighted by Crippen LogP contribution is -2.48. The topological polar surface area (TPSA) is 76.7 Å². The van der Waals surface area contributed by atoms with Crippen molar-refractivity contribution in [2.24, 2.45) is 5.92 Å². The number of nitrogens with one attached hydrogen (secondary N) is 2. The summed E-state index contributed by atoms with van der Waals surface area (Å²) in [5, 5.41) is 5.95. The lowest BCUT2D eigenvalue weighted by Gasteiger charge is -2.25. The minimum absolute atomic E-state index is 0.152. The molecule has 0 radical (unpaired) electrons. The zero-order chi connectivity index (χ0) is 15.8. The summed E-state index contributed by atoms with van der Waals surface area (Å²) in [7, 11) is 0. The Morgan fingerprint density at radius 2 is 1.80 bits per heavy atom. The van der Waals surface area contributed by atoms with Crippen molar-refractivity contribution < 1.29 is 19.1 Å². The second-order valence-corrected chi connectivity index (χ2v) is 6.50. The fourth-order valence-electron chi connectivity index (χ4n) is 1.29. The predicted molar refractivity (Wildman–Crippen MR) is 81.1 cm³/mol. The normalized spacial score (nSPS) is 12.8. The maximum Gasteiger partial charge on any atom is 0.407 e. The molecular formula is C13H25BrN2O4. The number of carbonyl (C=O) groups excluding carboxylic acids is 2. The molecule has 0 aromatic heterocycles. The summed E-state index contributed by atoms with van der Waals surface area (Å²) in [4.78, 5) is 23.1. The van der Waals surface area contributed by atoms with Crippen LogP contribution in [0.15, 0.2) is 0 Å². The Bertz CT molecular complexity index is 316. The highest BCUT2D eigenvalue weighted by molar-refractivity contribution is 9.09. The van der Waals surface area contributed by atoms with Gasteiger partial charge >= 0.3 is 12.2 Å². The number of amides is 2. The Balaban J connectivity index is 4.24. The van der Waals surface area contributed by atoms with E-state index in [1.165, 1.54) is 0 Å². The van der Waals surface area contributed by atoms with Crippen molar-refractivity contribution in [2.75, 3.05) is 18.5 Å². The summed E-state index contributed by atoms with van der Waals surface area (Å²) in [5.41, 5.74) is -0.548. The molecular weight excluding hydrogens is 328 g/mol. The minimum Gasteiger partial charge on any atom is -0.449 e. The Morgan fingerprint density at radius 1 is 1.20 bits per heavy atom. The van der Waals surface area contributed by atoms with Crippen LogP contribution in [0.5, 0.6) is 0 Å². The molecule has 20 heavy (non-hydrogen) atoms. The van der Waals surface area contributed by atoms with Crippen molar-refractivity contribution in [3.05, 3.63) is 0 Å². The van der Waals surface area contributed by atoms with Gasteiger partial charge in [-0.3, -0.25) is 0 Å². The quantitative estimate of drug-likeness (QED) is 0.720. The molecule has 2 amide bonds. The van der Waals surface area contributed by atoms with Gasteiger partial charge in [0.15, 0.2) is 0 Å². The van der Waals surface area contributed by atoms with Crippen LogP contribution in [0.2, 0.25) is 0 Å². The van der Waals surface area contributed by atoms with Crippen molar-refractivity contribution in [1.29, 1.82) is 0 Å². The standard InChI is InChI=1S/C13H25BrN2O4/c1-9(2)10(8-15-11(17)19-7-6-14)16-12(18)20-13(3,4)5/h9-10H,6-8H2,1-5H3,(H,15,17)(H,16,18)/t10-/m1/s1. The molecule has 2 N–H and O–H groups in total. The van der Waals surface area contributed by atoms with Crippen LogP contribution in [-0.2, 0) is 9.47 Å². The van der Waals surface area contributed by atoms with E-state index in [-0.39, 0.29) is 18.5 Å². The minimum atomic E-state index is -0.548. The molecule has 0 aliphatic rings. The first-order valence-electron chi connectivity index (χ1n) is 6.62. The molecule has 0 aromatic rings. The van der Waals surface area contributed by atoms with Gasteiger partial charge < -0.3 is 20.1 Å². The van der Waals surface area contributed by atoms with E-state index >= 15 is 0 Å². The molecule has 7 heteroatoms. The molecule has 0 bridgehead atoms. The predicted octanol–water partition coefficient (Wildman–Crippen LogP) is 2.66. The summed E-state index contributed by atoms with van der Waals surface area (Å²) in [5.74, 6) is 0.152. The number of ether oxygens (including phenoxy) is 2. The van der Waals surface area contributed by atoms with Gasteiger partial charge in [0.05, 0.1) is 6.04 Å². The van der Waals surface area contributed by atoms with E-state index < -0.39 is 17.8 Å². The van der Waals surface area contributed by atoms with E-state index in [1.54, 1.807) is 20.8 Å². The fraction of sp³-hybridized carbons (Fsp3) is 0.846. The van der Waals surface area contributed by atoms with E-state index in [2.05, 4.69) is 26.6 Å². The van der Waals surface area contributed by atoms with Gasteiger partial charge in [0.1, 0.15) is 12.2 Å². The fourth-order valence-corrected chi connectivity index (χ4v) is 1.45. The molecule has 0 spiro atoms.